The molecule has 0 atom stereocenters. The van der Waals surface area contributed by atoms with Crippen LogP contribution in [-0.2, 0) is 6.42 Å². The lowest BCUT2D eigenvalue weighted by Gasteiger charge is -2.16. The lowest BCUT2D eigenvalue weighted by atomic mass is 9.92. The van der Waals surface area contributed by atoms with Crippen LogP contribution in [-0.4, -0.2) is 15.8 Å². The van der Waals surface area contributed by atoms with Gasteiger partial charge in [-0.05, 0) is 37.9 Å². The molecule has 15 heavy (non-hydrogen) atoms. The fourth-order valence-corrected chi connectivity index (χ4v) is 2.46. The van der Waals surface area contributed by atoms with E-state index in [4.69, 9.17) is 12.2 Å². The highest BCUT2D eigenvalue weighted by Gasteiger charge is 2.32. The van der Waals surface area contributed by atoms with E-state index in [1.165, 1.54) is 0 Å². The molecule has 1 N–H and O–H groups in total. The van der Waals surface area contributed by atoms with Crippen LogP contribution in [0.4, 0.5) is 0 Å². The molecular formula is C11H12N2OS. The molecule has 78 valence electrons. The lowest BCUT2D eigenvalue weighted by Crippen LogP contribution is -2.17. The van der Waals surface area contributed by atoms with E-state index in [1.54, 1.807) is 0 Å². The van der Waals surface area contributed by atoms with E-state index >= 15 is 0 Å². The van der Waals surface area contributed by atoms with Crippen molar-refractivity contribution in [3.63, 3.8) is 0 Å². The smallest absolute Gasteiger partial charge is 0.197 e. The highest BCUT2D eigenvalue weighted by Crippen LogP contribution is 2.42. The van der Waals surface area contributed by atoms with E-state index in [-0.39, 0.29) is 5.78 Å². The molecule has 4 heteroatoms. The molecule has 2 aliphatic rings. The van der Waals surface area contributed by atoms with E-state index in [1.807, 2.05) is 0 Å². The number of hydrogen-bond donors (Lipinski definition) is 1. The Morgan fingerprint density at radius 2 is 2.13 bits per heavy atom. The summed E-state index contributed by atoms with van der Waals surface area (Å²) in [6, 6.07) is 0. The number of nitrogens with one attached hydrogen (secondary N) is 1. The summed E-state index contributed by atoms with van der Waals surface area (Å²) < 4.78 is 0.533. The van der Waals surface area contributed by atoms with E-state index in [9.17, 15) is 4.79 Å². The maximum absolute atomic E-state index is 11.9. The van der Waals surface area contributed by atoms with Crippen molar-refractivity contribution in [2.24, 2.45) is 0 Å². The van der Waals surface area contributed by atoms with Gasteiger partial charge in [-0.3, -0.25) is 4.79 Å². The Hall–Kier alpha value is -1.03. The summed E-state index contributed by atoms with van der Waals surface area (Å²) in [6.07, 6.45) is 4.86. The summed E-state index contributed by atoms with van der Waals surface area (Å²) in [5.41, 5.74) is 2.85. The first-order valence-corrected chi connectivity index (χ1v) is 5.83. The zero-order chi connectivity index (χ0) is 10.4. The number of aromatic amines is 1. The molecule has 0 aliphatic heterocycles. The number of ketones is 1. The van der Waals surface area contributed by atoms with Gasteiger partial charge in [-0.1, -0.05) is 0 Å². The fraction of sp³-hybridized carbons (Fsp3) is 0.545. The molecule has 2 aliphatic carbocycles. The predicted molar refractivity (Wildman–Crippen MR) is 58.7 cm³/mol. The first kappa shape index (κ1) is 9.21. The van der Waals surface area contributed by atoms with Gasteiger partial charge in [0.2, 0.25) is 0 Å². The van der Waals surface area contributed by atoms with Crippen molar-refractivity contribution in [2.45, 2.75) is 38.0 Å². The number of carbonyl (C=O) groups excluding carboxylic acids is 1. The zero-order valence-electron chi connectivity index (χ0n) is 8.38. The van der Waals surface area contributed by atoms with Crippen LogP contribution in [0.5, 0.6) is 0 Å². The molecule has 0 amide bonds. The Labute approximate surface area is 92.9 Å². The largest absolute Gasteiger partial charge is 0.334 e. The second-order valence-electron chi connectivity index (χ2n) is 4.33. The minimum absolute atomic E-state index is 0.247. The van der Waals surface area contributed by atoms with E-state index in [0.29, 0.717) is 17.1 Å². The molecule has 3 rings (SSSR count). The minimum atomic E-state index is 0.247. The van der Waals surface area contributed by atoms with Gasteiger partial charge in [0.05, 0.1) is 11.3 Å². The van der Waals surface area contributed by atoms with Crippen molar-refractivity contribution in [3.05, 3.63) is 21.7 Å². The lowest BCUT2D eigenvalue weighted by molar-refractivity contribution is 0.0970. The third-order valence-corrected chi connectivity index (χ3v) is 3.30. The van der Waals surface area contributed by atoms with Crippen molar-refractivity contribution in [1.82, 2.24) is 9.97 Å². The van der Waals surface area contributed by atoms with Gasteiger partial charge in [0.15, 0.2) is 10.6 Å². The van der Waals surface area contributed by atoms with Gasteiger partial charge in [0.1, 0.15) is 0 Å². The molecule has 1 heterocycles. The van der Waals surface area contributed by atoms with Gasteiger partial charge >= 0.3 is 0 Å². The Kier molecular flexibility index (Phi) is 1.99. The van der Waals surface area contributed by atoms with Crippen molar-refractivity contribution in [1.29, 1.82) is 0 Å². The van der Waals surface area contributed by atoms with Crippen LogP contribution >= 0.6 is 12.2 Å². The van der Waals surface area contributed by atoms with Gasteiger partial charge in [-0.2, -0.15) is 0 Å². The average Bonchev–Trinajstić information content (AvgIpc) is 2.99. The highest BCUT2D eigenvalue weighted by atomic mass is 32.1. The molecule has 1 aromatic heterocycles. The van der Waals surface area contributed by atoms with E-state index in [0.717, 1.165) is 42.6 Å². The summed E-state index contributed by atoms with van der Waals surface area (Å²) in [5.74, 6) is 0.744. The summed E-state index contributed by atoms with van der Waals surface area (Å²) in [4.78, 5) is 19.3. The second-order valence-corrected chi connectivity index (χ2v) is 4.72. The molecule has 0 bridgehead atoms. The van der Waals surface area contributed by atoms with E-state index in [2.05, 4.69) is 9.97 Å². The molecule has 1 aromatic rings. The SMILES string of the molecule is O=C1CCCc2[nH]c(=S)nc(C3CC3)c21. The molecule has 3 nitrogen and oxygen atoms in total. The number of hydrogen-bond acceptors (Lipinski definition) is 3. The average molecular weight is 220 g/mol. The van der Waals surface area contributed by atoms with Crippen LogP contribution < -0.4 is 0 Å². The maximum atomic E-state index is 11.9. The normalized spacial score (nSPS) is 20.1. The van der Waals surface area contributed by atoms with Crippen LogP contribution in [0.15, 0.2) is 0 Å². The first-order chi connectivity index (χ1) is 7.25. The van der Waals surface area contributed by atoms with Crippen LogP contribution in [0, 0.1) is 4.77 Å². The van der Waals surface area contributed by atoms with Gasteiger partial charge in [0, 0.05) is 18.0 Å². The third-order valence-electron chi connectivity index (χ3n) is 3.11. The molecule has 1 fully saturated rings. The Balaban J connectivity index is 2.24. The third kappa shape index (κ3) is 1.53. The first-order valence-electron chi connectivity index (χ1n) is 5.42. The minimum Gasteiger partial charge on any atom is -0.334 e. The summed E-state index contributed by atoms with van der Waals surface area (Å²) in [5, 5.41) is 0. The number of aryl methyl sites for hydroxylation is 1. The Bertz CT molecular complexity index is 488. The molecule has 0 saturated heterocycles. The van der Waals surface area contributed by atoms with Crippen molar-refractivity contribution < 1.29 is 4.79 Å². The van der Waals surface area contributed by atoms with Gasteiger partial charge in [-0.25, -0.2) is 4.98 Å². The molecule has 1 saturated carbocycles. The molecule has 0 aromatic carbocycles. The predicted octanol–water partition coefficient (Wildman–Crippen LogP) is 2.54. The maximum Gasteiger partial charge on any atom is 0.197 e. The van der Waals surface area contributed by atoms with Gasteiger partial charge < -0.3 is 4.98 Å². The van der Waals surface area contributed by atoms with Gasteiger partial charge in [0.25, 0.3) is 0 Å². The number of aromatic nitrogens is 2. The molecule has 0 unspecified atom stereocenters. The van der Waals surface area contributed by atoms with Crippen molar-refractivity contribution in [3.8, 4) is 0 Å². The van der Waals surface area contributed by atoms with Gasteiger partial charge in [-0.15, -0.1) is 0 Å². The summed E-state index contributed by atoms with van der Waals surface area (Å²) in [7, 11) is 0. The highest BCUT2D eigenvalue weighted by molar-refractivity contribution is 7.71. The Morgan fingerprint density at radius 3 is 2.87 bits per heavy atom. The topological polar surface area (TPSA) is 45.8 Å². The Morgan fingerprint density at radius 1 is 1.33 bits per heavy atom. The van der Waals surface area contributed by atoms with Crippen LogP contribution in [0.25, 0.3) is 0 Å². The standard InChI is InChI=1S/C11H12N2OS/c14-8-3-1-2-7-9(8)10(6-4-5-6)13-11(15)12-7/h6H,1-5H2,(H,12,13,15). The second kappa shape index (κ2) is 3.23. The van der Waals surface area contributed by atoms with Crippen LogP contribution in [0.2, 0.25) is 0 Å². The summed E-state index contributed by atoms with van der Waals surface area (Å²) >= 11 is 5.09. The summed E-state index contributed by atoms with van der Waals surface area (Å²) in [6.45, 7) is 0. The quantitative estimate of drug-likeness (QED) is 0.740. The number of nitrogens with zero attached hydrogens (tertiary/aromatic N) is 1. The number of fused-ring (bicyclic) bond motifs is 1. The number of H-pyrrole nitrogens is 1. The monoisotopic (exact) mass is 220 g/mol. The van der Waals surface area contributed by atoms with Crippen LogP contribution in [0.1, 0.15) is 53.3 Å². The number of Topliss-reactive ketones (excluding diaryl/α,β-unsaturated/α-hetero) is 1. The van der Waals surface area contributed by atoms with Crippen LogP contribution in [0.3, 0.4) is 0 Å². The zero-order valence-corrected chi connectivity index (χ0v) is 9.19. The van der Waals surface area contributed by atoms with Crippen molar-refractivity contribution in [2.75, 3.05) is 0 Å². The molecule has 0 spiro atoms. The number of rotatable bonds is 1. The fourth-order valence-electron chi connectivity index (χ4n) is 2.24. The molecular weight excluding hydrogens is 208 g/mol. The van der Waals surface area contributed by atoms with E-state index < -0.39 is 0 Å². The van der Waals surface area contributed by atoms with Crippen molar-refractivity contribution >= 4 is 18.0 Å². The molecule has 0 radical (unpaired) electrons. The number of carbonyl (C=O) groups is 1.